The molecule has 0 saturated carbocycles. The van der Waals surface area contributed by atoms with E-state index in [4.69, 9.17) is 37.1 Å². The Labute approximate surface area is 457 Å². The molecule has 74 heavy (non-hydrogen) atoms. The van der Waals surface area contributed by atoms with Crippen molar-refractivity contribution in [2.24, 2.45) is 10.8 Å². The second-order valence-corrected chi connectivity index (χ2v) is 36.4. The molecule has 2 atom stereocenters. The molecule has 412 valence electrons. The van der Waals surface area contributed by atoms with Crippen molar-refractivity contribution in [3.05, 3.63) is 71.8 Å². The molecular formula is C56H88BIN2O12Si2. The van der Waals surface area contributed by atoms with E-state index in [0.29, 0.717) is 52.0 Å². The first kappa shape index (κ1) is 63.0. The number of benzene rings is 2. The number of ether oxygens (including phenoxy) is 4. The Morgan fingerprint density at radius 3 is 1.30 bits per heavy atom. The van der Waals surface area contributed by atoms with Gasteiger partial charge in [0.2, 0.25) is 10.9 Å². The van der Waals surface area contributed by atoms with Gasteiger partial charge in [-0.25, -0.2) is 9.59 Å². The SMILES string of the molecule is CCOC(=O)c1cn([C@H](CO[Si](C)(C)C(C)(C)C)C(C)(C)C)c2cc(OC)c(B3OC(C)(C)C(C)(C)O3)cc2c1=O.CCOC(=O)c1cn([C@H](CO[Si](C)(C)C(C)(C)C)C(C)(C)C)c2cc(OC)c(I)cc2c1=O. The van der Waals surface area contributed by atoms with Gasteiger partial charge < -0.3 is 46.2 Å². The van der Waals surface area contributed by atoms with Crippen LogP contribution in [0.25, 0.3) is 21.8 Å². The molecule has 5 rings (SSSR count). The van der Waals surface area contributed by atoms with Crippen molar-refractivity contribution >= 4 is 85.6 Å². The van der Waals surface area contributed by atoms with Crippen LogP contribution in [0.5, 0.6) is 11.5 Å². The molecule has 0 bridgehead atoms. The average molecular weight is 1180 g/mol. The number of fused-ring (bicyclic) bond motifs is 2. The summed E-state index contributed by atoms with van der Waals surface area (Å²) in [5.74, 6) is -0.0507. The van der Waals surface area contributed by atoms with Crippen molar-refractivity contribution in [2.45, 2.75) is 184 Å². The Bertz CT molecular complexity index is 2800. The number of methoxy groups -OCH3 is 2. The second kappa shape index (κ2) is 22.8. The Morgan fingerprint density at radius 2 is 0.973 bits per heavy atom. The zero-order valence-electron chi connectivity index (χ0n) is 49.2. The van der Waals surface area contributed by atoms with Gasteiger partial charge in [0, 0.05) is 40.8 Å². The van der Waals surface area contributed by atoms with Crippen molar-refractivity contribution in [2.75, 3.05) is 40.6 Å². The van der Waals surface area contributed by atoms with Gasteiger partial charge in [0.1, 0.15) is 22.6 Å². The zero-order chi connectivity index (χ0) is 56.7. The highest BCUT2D eigenvalue weighted by Gasteiger charge is 2.53. The molecule has 0 aliphatic carbocycles. The lowest BCUT2D eigenvalue weighted by Crippen LogP contribution is -2.43. The fraction of sp³-hybridized carbons (Fsp3) is 0.643. The monoisotopic (exact) mass is 1170 g/mol. The van der Waals surface area contributed by atoms with Crippen LogP contribution in [0.3, 0.4) is 0 Å². The molecular weight excluding hydrogens is 1090 g/mol. The van der Waals surface area contributed by atoms with Gasteiger partial charge in [-0.3, -0.25) is 9.59 Å². The number of carbonyl (C=O) groups is 2. The third kappa shape index (κ3) is 13.6. The quantitative estimate of drug-likeness (QED) is 0.0633. The lowest BCUT2D eigenvalue weighted by atomic mass is 9.77. The van der Waals surface area contributed by atoms with E-state index in [9.17, 15) is 19.2 Å². The molecule has 14 nitrogen and oxygen atoms in total. The summed E-state index contributed by atoms with van der Waals surface area (Å²) in [7, 11) is -1.68. The Balaban J connectivity index is 0.000000328. The van der Waals surface area contributed by atoms with Crippen LogP contribution < -0.4 is 25.8 Å². The van der Waals surface area contributed by atoms with Crippen LogP contribution >= 0.6 is 22.6 Å². The van der Waals surface area contributed by atoms with Crippen LogP contribution in [0.2, 0.25) is 36.3 Å². The van der Waals surface area contributed by atoms with E-state index < -0.39 is 52.3 Å². The number of carbonyl (C=O) groups excluding carboxylic acids is 2. The maximum Gasteiger partial charge on any atom is 0.498 e. The number of hydrogen-bond acceptors (Lipinski definition) is 12. The van der Waals surface area contributed by atoms with Gasteiger partial charge in [0.15, 0.2) is 16.6 Å². The minimum atomic E-state index is -2.10. The summed E-state index contributed by atoms with van der Waals surface area (Å²) < 4.78 is 52.7. The molecule has 0 N–H and O–H groups in total. The van der Waals surface area contributed by atoms with Crippen molar-refractivity contribution in [3.63, 3.8) is 0 Å². The number of halogens is 1. The van der Waals surface area contributed by atoms with Crippen molar-refractivity contribution < 1.29 is 46.7 Å². The molecule has 1 saturated heterocycles. The molecule has 0 spiro atoms. The molecule has 1 fully saturated rings. The summed E-state index contributed by atoms with van der Waals surface area (Å²) in [5.41, 5.74) is -0.452. The van der Waals surface area contributed by atoms with E-state index in [0.717, 1.165) is 3.57 Å². The summed E-state index contributed by atoms with van der Waals surface area (Å²) in [6, 6.07) is 6.90. The summed E-state index contributed by atoms with van der Waals surface area (Å²) in [5, 5.41) is 0.921. The Kier molecular flexibility index (Phi) is 19.4. The van der Waals surface area contributed by atoms with E-state index in [-0.39, 0.29) is 62.8 Å². The maximum atomic E-state index is 13.9. The molecule has 0 amide bonds. The van der Waals surface area contributed by atoms with Crippen molar-refractivity contribution in [1.82, 2.24) is 9.13 Å². The lowest BCUT2D eigenvalue weighted by molar-refractivity contribution is 0.00578. The highest BCUT2D eigenvalue weighted by atomic mass is 127. The second-order valence-electron chi connectivity index (χ2n) is 25.6. The van der Waals surface area contributed by atoms with Crippen LogP contribution in [-0.2, 0) is 27.6 Å². The molecule has 1 aliphatic rings. The predicted octanol–water partition coefficient (Wildman–Crippen LogP) is 12.5. The van der Waals surface area contributed by atoms with Gasteiger partial charge in [0.05, 0.1) is 78.5 Å². The average Bonchev–Trinajstić information content (AvgIpc) is 3.48. The van der Waals surface area contributed by atoms with Crippen molar-refractivity contribution in [3.8, 4) is 11.5 Å². The van der Waals surface area contributed by atoms with Gasteiger partial charge in [-0.1, -0.05) is 83.1 Å². The van der Waals surface area contributed by atoms with E-state index in [1.54, 1.807) is 52.6 Å². The topological polar surface area (TPSA) is 152 Å². The van der Waals surface area contributed by atoms with Crippen LogP contribution in [0.1, 0.15) is 157 Å². The predicted molar refractivity (Wildman–Crippen MR) is 313 cm³/mol. The summed E-state index contributed by atoms with van der Waals surface area (Å²) >= 11 is 2.14. The van der Waals surface area contributed by atoms with Crippen LogP contribution in [0, 0.1) is 14.4 Å². The normalized spacial score (nSPS) is 16.1. The summed E-state index contributed by atoms with van der Waals surface area (Å²) in [6.07, 6.45) is 3.27. The number of aromatic nitrogens is 2. The van der Waals surface area contributed by atoms with Crippen LogP contribution in [0.4, 0.5) is 0 Å². The lowest BCUT2D eigenvalue weighted by Gasteiger charge is -2.40. The standard InChI is InChI=1S/C31H50BNO7Si.C25H38INO5Si/c1-15-37-27(35)21-18-33(25(28(2,3)4)19-38-41(13,14)29(5,6)7)23-17-24(36-12)22(16-20(23)26(21)34)32-39-30(8,9)31(10,11)40-32;1-11-31-23(29)17-14-27(19-13-20(30-8)18(26)12-16(19)22(17)28)21(24(2,3)4)15-32-33(9,10)25(5,6)7/h16-18,25H,15,19H2,1-14H3;12-14,21H,11,15H2,1-10H3/t25-;21-/m11/s1. The number of esters is 2. The molecule has 2 aromatic heterocycles. The van der Waals surface area contributed by atoms with E-state index in [2.05, 4.69) is 132 Å². The van der Waals surface area contributed by atoms with Crippen LogP contribution in [0.15, 0.2) is 46.2 Å². The Morgan fingerprint density at radius 1 is 0.622 bits per heavy atom. The molecule has 2 aromatic carbocycles. The largest absolute Gasteiger partial charge is 0.498 e. The molecule has 18 heteroatoms. The minimum Gasteiger partial charge on any atom is -0.497 e. The fourth-order valence-corrected chi connectivity index (χ4v) is 10.7. The Hall–Kier alpha value is -3.53. The first-order valence-electron chi connectivity index (χ1n) is 25.8. The number of hydrogen-bond donors (Lipinski definition) is 0. The zero-order valence-corrected chi connectivity index (χ0v) is 53.4. The van der Waals surface area contributed by atoms with Gasteiger partial charge in [-0.2, -0.15) is 0 Å². The minimum absolute atomic E-state index is 0.0223. The summed E-state index contributed by atoms with van der Waals surface area (Å²) in [4.78, 5) is 53.0. The van der Waals surface area contributed by atoms with E-state index >= 15 is 0 Å². The van der Waals surface area contributed by atoms with Gasteiger partial charge in [0.25, 0.3) is 0 Å². The third-order valence-corrected chi connectivity index (χ3v) is 25.5. The van der Waals surface area contributed by atoms with Gasteiger partial charge in [-0.05, 0) is 123 Å². The molecule has 0 radical (unpaired) electrons. The van der Waals surface area contributed by atoms with Crippen molar-refractivity contribution in [1.29, 1.82) is 0 Å². The molecule has 1 aliphatic heterocycles. The van der Waals surface area contributed by atoms with E-state index in [1.165, 1.54) is 0 Å². The van der Waals surface area contributed by atoms with Gasteiger partial charge >= 0.3 is 19.1 Å². The summed E-state index contributed by atoms with van der Waals surface area (Å²) in [6.45, 7) is 47.6. The number of pyridine rings is 2. The first-order chi connectivity index (χ1) is 33.6. The number of rotatable bonds is 15. The highest BCUT2D eigenvalue weighted by molar-refractivity contribution is 14.1. The molecule has 3 heterocycles. The number of nitrogens with zero attached hydrogens (tertiary/aromatic N) is 2. The van der Waals surface area contributed by atoms with E-state index in [1.807, 2.05) is 49.0 Å². The van der Waals surface area contributed by atoms with Crippen LogP contribution in [-0.4, -0.2) is 96.7 Å². The highest BCUT2D eigenvalue weighted by Crippen LogP contribution is 2.43. The molecule has 4 aromatic rings. The fourth-order valence-electron chi connectivity index (χ4n) is 7.96. The third-order valence-electron chi connectivity index (χ3n) is 15.7. The maximum absolute atomic E-state index is 13.9. The van der Waals surface area contributed by atoms with Gasteiger partial charge in [-0.15, -0.1) is 0 Å². The first-order valence-corrected chi connectivity index (χ1v) is 32.7. The molecule has 0 unspecified atom stereocenters. The smallest absolute Gasteiger partial charge is 0.497 e.